The van der Waals surface area contributed by atoms with Crippen LogP contribution in [0.3, 0.4) is 0 Å². The SMILES string of the molecule is COc1ccc(NC(=O)Nc2c(Cl)cc(Cl)c3ccc(O)cc23)cc1OC. The van der Waals surface area contributed by atoms with Crippen molar-refractivity contribution in [1.29, 1.82) is 0 Å². The van der Waals surface area contributed by atoms with Crippen molar-refractivity contribution in [2.75, 3.05) is 24.9 Å². The van der Waals surface area contributed by atoms with E-state index in [1.54, 1.807) is 24.3 Å². The maximum atomic E-state index is 12.5. The van der Waals surface area contributed by atoms with Crippen LogP contribution in [0.5, 0.6) is 17.2 Å². The van der Waals surface area contributed by atoms with Crippen LogP contribution in [0, 0.1) is 0 Å². The van der Waals surface area contributed by atoms with Gasteiger partial charge in [-0.25, -0.2) is 4.79 Å². The van der Waals surface area contributed by atoms with Gasteiger partial charge in [0.2, 0.25) is 0 Å². The van der Waals surface area contributed by atoms with Gasteiger partial charge in [0, 0.05) is 22.5 Å². The first-order valence-corrected chi connectivity index (χ1v) is 8.59. The summed E-state index contributed by atoms with van der Waals surface area (Å²) in [7, 11) is 3.04. The summed E-state index contributed by atoms with van der Waals surface area (Å²) in [5.74, 6) is 1.06. The lowest BCUT2D eigenvalue weighted by Gasteiger charge is -2.14. The summed E-state index contributed by atoms with van der Waals surface area (Å²) in [5.41, 5.74) is 0.840. The van der Waals surface area contributed by atoms with Crippen molar-refractivity contribution in [2.24, 2.45) is 0 Å². The lowest BCUT2D eigenvalue weighted by Crippen LogP contribution is -2.20. The summed E-state index contributed by atoms with van der Waals surface area (Å²) in [6.45, 7) is 0. The topological polar surface area (TPSA) is 79.8 Å². The van der Waals surface area contributed by atoms with Crippen LogP contribution in [0.1, 0.15) is 0 Å². The van der Waals surface area contributed by atoms with Crippen molar-refractivity contribution >= 4 is 51.4 Å². The quantitative estimate of drug-likeness (QED) is 0.533. The van der Waals surface area contributed by atoms with Gasteiger partial charge < -0.3 is 25.2 Å². The molecule has 3 aromatic carbocycles. The molecule has 0 saturated carbocycles. The van der Waals surface area contributed by atoms with E-state index in [4.69, 9.17) is 32.7 Å². The number of benzene rings is 3. The molecule has 27 heavy (non-hydrogen) atoms. The Hall–Kier alpha value is -2.83. The fourth-order valence-electron chi connectivity index (χ4n) is 2.65. The Morgan fingerprint density at radius 1 is 0.889 bits per heavy atom. The number of anilines is 2. The standard InChI is InChI=1S/C19H16Cl2N2O4/c1-26-16-6-3-10(7-17(16)27-2)22-19(25)23-18-13-8-11(24)4-5-12(13)14(20)9-15(18)21/h3-9,24H,1-2H3,(H2,22,23,25). The first-order chi connectivity index (χ1) is 12.9. The number of phenolic OH excluding ortho intramolecular Hbond substituents is 1. The Morgan fingerprint density at radius 3 is 2.33 bits per heavy atom. The number of halogens is 2. The molecule has 8 heteroatoms. The van der Waals surface area contributed by atoms with Crippen LogP contribution in [0.2, 0.25) is 10.0 Å². The Kier molecular flexibility index (Phi) is 5.48. The molecule has 0 fully saturated rings. The molecule has 0 radical (unpaired) electrons. The third-order valence-corrected chi connectivity index (χ3v) is 4.51. The van der Waals surface area contributed by atoms with E-state index in [9.17, 15) is 9.90 Å². The summed E-state index contributed by atoms with van der Waals surface area (Å²) < 4.78 is 10.4. The molecule has 0 aliphatic carbocycles. The molecule has 140 valence electrons. The van der Waals surface area contributed by atoms with Crippen molar-refractivity contribution in [3.63, 3.8) is 0 Å². The summed E-state index contributed by atoms with van der Waals surface area (Å²) >= 11 is 12.4. The molecule has 3 aromatic rings. The van der Waals surface area contributed by atoms with E-state index >= 15 is 0 Å². The summed E-state index contributed by atoms with van der Waals surface area (Å²) in [5, 5.41) is 17.0. The molecule has 0 aliphatic heterocycles. The molecule has 2 amide bonds. The van der Waals surface area contributed by atoms with Crippen molar-refractivity contribution in [2.45, 2.75) is 0 Å². The van der Waals surface area contributed by atoms with Gasteiger partial charge in [0.05, 0.1) is 30.0 Å². The second kappa shape index (κ2) is 7.82. The molecule has 0 bridgehead atoms. The Bertz CT molecular complexity index is 1020. The monoisotopic (exact) mass is 406 g/mol. The second-order valence-electron chi connectivity index (χ2n) is 5.59. The third-order valence-electron chi connectivity index (χ3n) is 3.90. The van der Waals surface area contributed by atoms with Crippen LogP contribution in [0.4, 0.5) is 16.2 Å². The number of rotatable bonds is 4. The zero-order valence-electron chi connectivity index (χ0n) is 14.5. The van der Waals surface area contributed by atoms with Crippen LogP contribution in [-0.2, 0) is 0 Å². The fraction of sp³-hybridized carbons (Fsp3) is 0.105. The van der Waals surface area contributed by atoms with Gasteiger partial charge in [-0.1, -0.05) is 23.2 Å². The van der Waals surface area contributed by atoms with E-state index in [1.807, 2.05) is 0 Å². The molecule has 0 aliphatic rings. The highest BCUT2D eigenvalue weighted by molar-refractivity contribution is 6.41. The number of carbonyl (C=O) groups is 1. The number of hydrogen-bond donors (Lipinski definition) is 3. The molecular weight excluding hydrogens is 391 g/mol. The number of fused-ring (bicyclic) bond motifs is 1. The number of nitrogens with one attached hydrogen (secondary N) is 2. The Balaban J connectivity index is 1.89. The number of amides is 2. The molecule has 0 spiro atoms. The molecule has 0 atom stereocenters. The molecule has 6 nitrogen and oxygen atoms in total. The van der Waals surface area contributed by atoms with Crippen LogP contribution in [0.25, 0.3) is 10.8 Å². The van der Waals surface area contributed by atoms with Gasteiger partial charge in [0.25, 0.3) is 0 Å². The number of hydrogen-bond acceptors (Lipinski definition) is 4. The summed E-state index contributed by atoms with van der Waals surface area (Å²) in [6, 6.07) is 10.7. The second-order valence-corrected chi connectivity index (χ2v) is 6.41. The van der Waals surface area contributed by atoms with E-state index < -0.39 is 6.03 Å². The highest BCUT2D eigenvalue weighted by atomic mass is 35.5. The Morgan fingerprint density at radius 2 is 1.63 bits per heavy atom. The first-order valence-electron chi connectivity index (χ1n) is 7.83. The largest absolute Gasteiger partial charge is 0.508 e. The number of carbonyl (C=O) groups excluding carboxylic acids is 1. The van der Waals surface area contributed by atoms with Crippen LogP contribution in [0.15, 0.2) is 42.5 Å². The Labute approximate surface area is 165 Å². The van der Waals surface area contributed by atoms with Gasteiger partial charge in [-0.05, 0) is 36.4 Å². The number of phenols is 1. The molecule has 3 N–H and O–H groups in total. The van der Waals surface area contributed by atoms with Gasteiger partial charge in [-0.3, -0.25) is 0 Å². The van der Waals surface area contributed by atoms with Gasteiger partial charge >= 0.3 is 6.03 Å². The number of ether oxygens (including phenoxy) is 2. The third kappa shape index (κ3) is 3.97. The summed E-state index contributed by atoms with van der Waals surface area (Å²) in [4.78, 5) is 12.5. The zero-order valence-corrected chi connectivity index (χ0v) is 16.0. The van der Waals surface area contributed by atoms with Crippen LogP contribution < -0.4 is 20.1 Å². The fourth-order valence-corrected chi connectivity index (χ4v) is 3.24. The lowest BCUT2D eigenvalue weighted by molar-refractivity contribution is 0.262. The van der Waals surface area contributed by atoms with Gasteiger partial charge in [0.15, 0.2) is 11.5 Å². The molecule has 0 unspecified atom stereocenters. The minimum Gasteiger partial charge on any atom is -0.508 e. The van der Waals surface area contributed by atoms with Crippen molar-refractivity contribution < 1.29 is 19.4 Å². The minimum atomic E-state index is -0.518. The van der Waals surface area contributed by atoms with E-state index in [0.29, 0.717) is 38.7 Å². The smallest absolute Gasteiger partial charge is 0.323 e. The lowest BCUT2D eigenvalue weighted by atomic mass is 10.1. The van der Waals surface area contributed by atoms with Gasteiger partial charge in [-0.2, -0.15) is 0 Å². The highest BCUT2D eigenvalue weighted by Crippen LogP contribution is 2.38. The molecule has 0 heterocycles. The van der Waals surface area contributed by atoms with E-state index in [0.717, 1.165) is 0 Å². The molecule has 3 rings (SSSR count). The number of aromatic hydroxyl groups is 1. The zero-order chi connectivity index (χ0) is 19.6. The molecule has 0 saturated heterocycles. The van der Waals surface area contributed by atoms with E-state index in [2.05, 4.69) is 10.6 Å². The van der Waals surface area contributed by atoms with Gasteiger partial charge in [0.1, 0.15) is 5.75 Å². The first kappa shape index (κ1) is 18.9. The van der Waals surface area contributed by atoms with Crippen molar-refractivity contribution in [3.05, 3.63) is 52.5 Å². The maximum Gasteiger partial charge on any atom is 0.323 e. The van der Waals surface area contributed by atoms with Crippen molar-refractivity contribution in [1.82, 2.24) is 0 Å². The highest BCUT2D eigenvalue weighted by Gasteiger charge is 2.14. The predicted octanol–water partition coefficient (Wildman–Crippen LogP) is 5.51. The van der Waals surface area contributed by atoms with E-state index in [-0.39, 0.29) is 10.8 Å². The average molecular weight is 407 g/mol. The average Bonchev–Trinajstić information content (AvgIpc) is 2.64. The van der Waals surface area contributed by atoms with Crippen molar-refractivity contribution in [3.8, 4) is 17.2 Å². The normalized spacial score (nSPS) is 10.5. The number of urea groups is 1. The van der Waals surface area contributed by atoms with E-state index in [1.165, 1.54) is 32.4 Å². The predicted molar refractivity (Wildman–Crippen MR) is 108 cm³/mol. The molecule has 0 aromatic heterocycles. The minimum absolute atomic E-state index is 0.0317. The molecular formula is C19H16Cl2N2O4. The van der Waals surface area contributed by atoms with Gasteiger partial charge in [-0.15, -0.1) is 0 Å². The number of methoxy groups -OCH3 is 2. The summed E-state index contributed by atoms with van der Waals surface area (Å²) in [6.07, 6.45) is 0. The maximum absolute atomic E-state index is 12.5. The van der Waals surface area contributed by atoms with Crippen LogP contribution in [-0.4, -0.2) is 25.4 Å². The van der Waals surface area contributed by atoms with Crippen LogP contribution >= 0.6 is 23.2 Å².